The molecule has 32 heavy (non-hydrogen) atoms. The van der Waals surface area contributed by atoms with Crippen molar-refractivity contribution in [2.24, 2.45) is 0 Å². The molecule has 1 N–H and O–H groups in total. The van der Waals surface area contributed by atoms with Crippen molar-refractivity contribution in [1.29, 1.82) is 0 Å². The van der Waals surface area contributed by atoms with Crippen LogP contribution in [0.2, 0.25) is 5.02 Å². The topological polar surface area (TPSA) is 126 Å². The Labute approximate surface area is 190 Å². The van der Waals surface area contributed by atoms with Gasteiger partial charge in [-0.25, -0.2) is 13.2 Å². The molecule has 1 aromatic heterocycles. The van der Waals surface area contributed by atoms with E-state index in [1.54, 1.807) is 0 Å². The van der Waals surface area contributed by atoms with Crippen LogP contribution in [0.1, 0.15) is 17.5 Å². The van der Waals surface area contributed by atoms with Crippen LogP contribution in [0.15, 0.2) is 52.0 Å². The van der Waals surface area contributed by atoms with Crippen LogP contribution in [-0.4, -0.2) is 74.2 Å². The van der Waals surface area contributed by atoms with E-state index in [0.29, 0.717) is 5.02 Å². The van der Waals surface area contributed by atoms with Gasteiger partial charge >= 0.3 is 5.97 Å². The predicted molar refractivity (Wildman–Crippen MR) is 113 cm³/mol. The van der Waals surface area contributed by atoms with E-state index in [9.17, 15) is 22.8 Å². The van der Waals surface area contributed by atoms with Gasteiger partial charge in [0.1, 0.15) is 6.04 Å². The summed E-state index contributed by atoms with van der Waals surface area (Å²) in [6.07, 6.45) is 1.33. The lowest BCUT2D eigenvalue weighted by Gasteiger charge is -2.34. The molecule has 2 amide bonds. The number of sulfonamides is 1. The van der Waals surface area contributed by atoms with E-state index in [0.717, 1.165) is 0 Å². The number of piperazine rings is 1. The minimum atomic E-state index is -3.69. The van der Waals surface area contributed by atoms with E-state index in [2.05, 4.69) is 5.32 Å². The van der Waals surface area contributed by atoms with Gasteiger partial charge in [-0.1, -0.05) is 11.6 Å². The van der Waals surface area contributed by atoms with Crippen molar-refractivity contribution in [3.63, 3.8) is 0 Å². The highest BCUT2D eigenvalue weighted by Gasteiger charge is 2.30. The van der Waals surface area contributed by atoms with E-state index in [4.69, 9.17) is 20.8 Å². The first-order valence-electron chi connectivity index (χ1n) is 9.73. The number of ether oxygens (including phenoxy) is 1. The molecule has 12 heteroatoms. The Kier molecular flexibility index (Phi) is 7.54. The molecular weight excluding hydrogens is 462 g/mol. The van der Waals surface area contributed by atoms with Crippen LogP contribution in [0.4, 0.5) is 0 Å². The van der Waals surface area contributed by atoms with Crippen LogP contribution < -0.4 is 5.32 Å². The standard InChI is InChI=1S/C20H22ClN3O7S/c1-14(22-19(26)17-3-2-12-30-17)20(27)31-13-18(25)23-8-10-24(11-9-23)32(28,29)16-6-4-15(21)5-7-16/h2-7,12,14H,8-11,13H2,1H3,(H,22,26). The van der Waals surface area contributed by atoms with Crippen molar-refractivity contribution >= 4 is 39.4 Å². The van der Waals surface area contributed by atoms with E-state index in [1.165, 1.54) is 58.8 Å². The summed E-state index contributed by atoms with van der Waals surface area (Å²) in [6, 6.07) is 7.87. The highest BCUT2D eigenvalue weighted by atomic mass is 35.5. The molecule has 0 saturated carbocycles. The number of hydrogen-bond donors (Lipinski definition) is 1. The highest BCUT2D eigenvalue weighted by Crippen LogP contribution is 2.20. The molecule has 10 nitrogen and oxygen atoms in total. The minimum absolute atomic E-state index is 0.0483. The monoisotopic (exact) mass is 483 g/mol. The number of halogens is 1. The number of nitrogens with one attached hydrogen (secondary N) is 1. The molecule has 0 spiro atoms. The van der Waals surface area contributed by atoms with Gasteiger partial charge in [-0.05, 0) is 43.3 Å². The van der Waals surface area contributed by atoms with Crippen LogP contribution in [0.25, 0.3) is 0 Å². The Morgan fingerprint density at radius 3 is 2.38 bits per heavy atom. The van der Waals surface area contributed by atoms with Crippen molar-refractivity contribution < 1.29 is 32.0 Å². The second-order valence-corrected chi connectivity index (χ2v) is 9.39. The SMILES string of the molecule is CC(NC(=O)c1ccco1)C(=O)OCC(=O)N1CCN(S(=O)(=O)c2ccc(Cl)cc2)CC1. The first-order valence-corrected chi connectivity index (χ1v) is 11.5. The second kappa shape index (κ2) is 10.2. The summed E-state index contributed by atoms with van der Waals surface area (Å²) in [7, 11) is -3.69. The molecule has 0 radical (unpaired) electrons. The van der Waals surface area contributed by atoms with Crippen LogP contribution in [0.3, 0.4) is 0 Å². The molecule has 1 saturated heterocycles. The normalized spacial score (nSPS) is 15.8. The lowest BCUT2D eigenvalue weighted by atomic mass is 10.3. The molecule has 1 aromatic carbocycles. The van der Waals surface area contributed by atoms with Gasteiger partial charge in [-0.15, -0.1) is 0 Å². The summed E-state index contributed by atoms with van der Waals surface area (Å²) >= 11 is 5.81. The van der Waals surface area contributed by atoms with Crippen LogP contribution >= 0.6 is 11.6 Å². The van der Waals surface area contributed by atoms with Gasteiger partial charge in [0.05, 0.1) is 11.2 Å². The van der Waals surface area contributed by atoms with Crippen molar-refractivity contribution in [2.45, 2.75) is 17.9 Å². The smallest absolute Gasteiger partial charge is 0.328 e. The van der Waals surface area contributed by atoms with E-state index < -0.39 is 40.5 Å². The molecule has 0 aliphatic carbocycles. The maximum Gasteiger partial charge on any atom is 0.328 e. The third-order valence-electron chi connectivity index (χ3n) is 4.83. The van der Waals surface area contributed by atoms with Gasteiger partial charge in [0, 0.05) is 31.2 Å². The van der Waals surface area contributed by atoms with Gasteiger partial charge in [0.2, 0.25) is 10.0 Å². The second-order valence-electron chi connectivity index (χ2n) is 7.02. The lowest BCUT2D eigenvalue weighted by Crippen LogP contribution is -2.51. The zero-order chi connectivity index (χ0) is 23.3. The number of carbonyl (C=O) groups is 3. The van der Waals surface area contributed by atoms with Crippen LogP contribution in [-0.2, 0) is 24.3 Å². The average Bonchev–Trinajstić information content (AvgIpc) is 3.32. The third-order valence-corrected chi connectivity index (χ3v) is 6.99. The zero-order valence-electron chi connectivity index (χ0n) is 17.2. The van der Waals surface area contributed by atoms with Gasteiger partial charge in [-0.3, -0.25) is 9.59 Å². The number of benzene rings is 1. The zero-order valence-corrected chi connectivity index (χ0v) is 18.8. The summed E-state index contributed by atoms with van der Waals surface area (Å²) in [6.45, 7) is 1.46. The Balaban J connectivity index is 1.45. The summed E-state index contributed by atoms with van der Waals surface area (Å²) < 4.78 is 36.6. The number of hydrogen-bond acceptors (Lipinski definition) is 7. The molecule has 1 fully saturated rings. The lowest BCUT2D eigenvalue weighted by molar-refractivity contribution is -0.153. The molecule has 1 atom stereocenters. The number of rotatable bonds is 7. The summed E-state index contributed by atoms with van der Waals surface area (Å²) in [5.74, 6) is -1.76. The highest BCUT2D eigenvalue weighted by molar-refractivity contribution is 7.89. The number of nitrogens with zero attached hydrogens (tertiary/aromatic N) is 2. The van der Waals surface area contributed by atoms with Crippen molar-refractivity contribution in [3.05, 3.63) is 53.4 Å². The molecule has 172 valence electrons. The molecule has 0 bridgehead atoms. The fraction of sp³-hybridized carbons (Fsp3) is 0.350. The largest absolute Gasteiger partial charge is 0.459 e. The summed E-state index contributed by atoms with van der Waals surface area (Å²) in [5.41, 5.74) is 0. The maximum atomic E-state index is 12.7. The van der Waals surface area contributed by atoms with Gasteiger partial charge < -0.3 is 19.4 Å². The fourth-order valence-corrected chi connectivity index (χ4v) is 4.57. The molecular formula is C20H22ClN3O7S. The van der Waals surface area contributed by atoms with E-state index in [1.807, 2.05) is 0 Å². The molecule has 1 aliphatic heterocycles. The molecule has 2 aromatic rings. The Morgan fingerprint density at radius 1 is 1.12 bits per heavy atom. The van der Waals surface area contributed by atoms with Gasteiger partial charge in [0.25, 0.3) is 11.8 Å². The fourth-order valence-electron chi connectivity index (χ4n) is 3.02. The summed E-state index contributed by atoms with van der Waals surface area (Å²) in [4.78, 5) is 37.9. The van der Waals surface area contributed by atoms with Gasteiger partial charge in [0.15, 0.2) is 12.4 Å². The van der Waals surface area contributed by atoms with Gasteiger partial charge in [-0.2, -0.15) is 4.31 Å². The molecule has 1 aliphatic rings. The molecule has 3 rings (SSSR count). The number of furan rings is 1. The first-order chi connectivity index (χ1) is 15.2. The van der Waals surface area contributed by atoms with Crippen LogP contribution in [0, 0.1) is 0 Å². The van der Waals surface area contributed by atoms with E-state index >= 15 is 0 Å². The van der Waals surface area contributed by atoms with Crippen LogP contribution in [0.5, 0.6) is 0 Å². The quantitative estimate of drug-likeness (QED) is 0.585. The average molecular weight is 484 g/mol. The van der Waals surface area contributed by atoms with Crippen molar-refractivity contribution in [3.8, 4) is 0 Å². The minimum Gasteiger partial charge on any atom is -0.459 e. The first kappa shape index (κ1) is 23.8. The Morgan fingerprint density at radius 2 is 1.78 bits per heavy atom. The summed E-state index contributed by atoms with van der Waals surface area (Å²) in [5, 5.41) is 2.85. The predicted octanol–water partition coefficient (Wildman–Crippen LogP) is 1.13. The number of esters is 1. The third kappa shape index (κ3) is 5.67. The Bertz CT molecular complexity index is 1060. The number of amides is 2. The van der Waals surface area contributed by atoms with Crippen molar-refractivity contribution in [2.75, 3.05) is 32.8 Å². The Hall–Kier alpha value is -2.89. The van der Waals surface area contributed by atoms with E-state index in [-0.39, 0.29) is 36.8 Å². The molecule has 1 unspecified atom stereocenters. The molecule has 2 heterocycles. The number of carbonyl (C=O) groups excluding carboxylic acids is 3. The van der Waals surface area contributed by atoms with Crippen molar-refractivity contribution in [1.82, 2.24) is 14.5 Å². The maximum absolute atomic E-state index is 12.7.